The van der Waals surface area contributed by atoms with E-state index in [1.165, 1.54) is 0 Å². The Morgan fingerprint density at radius 1 is 1.67 bits per heavy atom. The van der Waals surface area contributed by atoms with Crippen LogP contribution in [0.15, 0.2) is 16.9 Å². The average Bonchev–Trinajstić information content (AvgIpc) is 2.75. The molecule has 1 heterocycles. The Hall–Kier alpha value is -0.910. The van der Waals surface area contributed by atoms with E-state index in [0.717, 1.165) is 18.5 Å². The van der Waals surface area contributed by atoms with Gasteiger partial charge in [-0.2, -0.15) is 0 Å². The molecule has 3 N–H and O–H groups in total. The first-order valence-electron chi connectivity index (χ1n) is 5.18. The van der Waals surface area contributed by atoms with Crippen molar-refractivity contribution in [3.8, 4) is 0 Å². The van der Waals surface area contributed by atoms with E-state index in [-0.39, 0.29) is 0 Å². The van der Waals surface area contributed by atoms with Crippen LogP contribution in [0.25, 0.3) is 0 Å². The molecule has 1 atom stereocenters. The number of rotatable bonds is 8. The van der Waals surface area contributed by atoms with Crippen molar-refractivity contribution in [1.29, 1.82) is 0 Å². The van der Waals surface area contributed by atoms with Gasteiger partial charge in [-0.1, -0.05) is 5.16 Å². The van der Waals surface area contributed by atoms with Gasteiger partial charge in [0, 0.05) is 25.8 Å². The van der Waals surface area contributed by atoms with E-state index in [2.05, 4.69) is 10.5 Å². The fourth-order valence-electron chi connectivity index (χ4n) is 1.39. The minimum atomic E-state index is 0.329. The molecule has 0 aliphatic rings. The standard InChI is InChI=1S/C10H19N3O2/c1-14-8-10(3-2-5-11)12-7-9-4-6-15-13-9/h4,6,10,12H,2-3,5,7-8,11H2,1H3. The summed E-state index contributed by atoms with van der Waals surface area (Å²) < 4.78 is 9.87. The predicted octanol–water partition coefficient (Wildman–Crippen LogP) is 0.518. The van der Waals surface area contributed by atoms with Crippen molar-refractivity contribution in [2.45, 2.75) is 25.4 Å². The Morgan fingerprint density at radius 3 is 3.13 bits per heavy atom. The maximum atomic E-state index is 5.47. The van der Waals surface area contributed by atoms with E-state index in [1.54, 1.807) is 13.4 Å². The zero-order chi connectivity index (χ0) is 10.9. The highest BCUT2D eigenvalue weighted by Gasteiger charge is 2.07. The molecule has 0 spiro atoms. The van der Waals surface area contributed by atoms with Crippen molar-refractivity contribution in [2.24, 2.45) is 5.73 Å². The average molecular weight is 213 g/mol. The normalized spacial score (nSPS) is 12.9. The van der Waals surface area contributed by atoms with Crippen LogP contribution in [0.2, 0.25) is 0 Å². The van der Waals surface area contributed by atoms with Gasteiger partial charge in [-0.05, 0) is 19.4 Å². The summed E-state index contributed by atoms with van der Waals surface area (Å²) >= 11 is 0. The first kappa shape index (κ1) is 12.2. The molecule has 0 aliphatic heterocycles. The number of nitrogens with two attached hydrogens (primary N) is 1. The van der Waals surface area contributed by atoms with Gasteiger partial charge in [-0.25, -0.2) is 0 Å². The molecular weight excluding hydrogens is 194 g/mol. The van der Waals surface area contributed by atoms with Crippen LogP contribution in [0, 0.1) is 0 Å². The first-order valence-corrected chi connectivity index (χ1v) is 5.18. The Bertz CT molecular complexity index is 239. The van der Waals surface area contributed by atoms with Crippen molar-refractivity contribution in [3.05, 3.63) is 18.0 Å². The highest BCUT2D eigenvalue weighted by atomic mass is 16.5. The third kappa shape index (κ3) is 4.92. The highest BCUT2D eigenvalue weighted by molar-refractivity contribution is 4.94. The van der Waals surface area contributed by atoms with Crippen LogP contribution in [0.1, 0.15) is 18.5 Å². The fraction of sp³-hybridized carbons (Fsp3) is 0.700. The van der Waals surface area contributed by atoms with Crippen molar-refractivity contribution in [3.63, 3.8) is 0 Å². The Balaban J connectivity index is 2.24. The van der Waals surface area contributed by atoms with Gasteiger partial charge in [-0.15, -0.1) is 0 Å². The summed E-state index contributed by atoms with van der Waals surface area (Å²) in [5, 5.41) is 7.18. The van der Waals surface area contributed by atoms with Gasteiger partial charge in [0.05, 0.1) is 12.3 Å². The van der Waals surface area contributed by atoms with E-state index in [0.29, 0.717) is 25.7 Å². The first-order chi connectivity index (χ1) is 7.36. The van der Waals surface area contributed by atoms with Crippen LogP contribution in [0.4, 0.5) is 0 Å². The molecule has 1 rings (SSSR count). The molecule has 0 aliphatic carbocycles. The lowest BCUT2D eigenvalue weighted by atomic mass is 10.1. The van der Waals surface area contributed by atoms with Crippen LogP contribution in [0.3, 0.4) is 0 Å². The van der Waals surface area contributed by atoms with Gasteiger partial charge in [0.25, 0.3) is 0 Å². The SMILES string of the molecule is COCC(CCCN)NCc1ccon1. The molecule has 0 saturated heterocycles. The van der Waals surface area contributed by atoms with Gasteiger partial charge in [0.2, 0.25) is 0 Å². The van der Waals surface area contributed by atoms with Crippen molar-refractivity contribution >= 4 is 0 Å². The number of nitrogens with zero attached hydrogens (tertiary/aromatic N) is 1. The molecule has 1 aromatic rings. The zero-order valence-electron chi connectivity index (χ0n) is 9.11. The molecule has 0 fully saturated rings. The van der Waals surface area contributed by atoms with Crippen LogP contribution in [-0.2, 0) is 11.3 Å². The second-order valence-corrected chi connectivity index (χ2v) is 3.45. The minimum absolute atomic E-state index is 0.329. The van der Waals surface area contributed by atoms with Crippen molar-refractivity contribution < 1.29 is 9.26 Å². The van der Waals surface area contributed by atoms with Crippen LogP contribution in [-0.4, -0.2) is 31.5 Å². The molecule has 15 heavy (non-hydrogen) atoms. The second kappa shape index (κ2) is 7.39. The highest BCUT2D eigenvalue weighted by Crippen LogP contribution is 2.00. The molecule has 0 bridgehead atoms. The van der Waals surface area contributed by atoms with Crippen LogP contribution < -0.4 is 11.1 Å². The van der Waals surface area contributed by atoms with E-state index < -0.39 is 0 Å². The number of hydrogen-bond donors (Lipinski definition) is 2. The number of ether oxygens (including phenoxy) is 1. The number of hydrogen-bond acceptors (Lipinski definition) is 5. The number of methoxy groups -OCH3 is 1. The second-order valence-electron chi connectivity index (χ2n) is 3.45. The molecule has 86 valence electrons. The molecule has 0 amide bonds. The van der Waals surface area contributed by atoms with Crippen molar-refractivity contribution in [2.75, 3.05) is 20.3 Å². The van der Waals surface area contributed by atoms with Crippen LogP contribution in [0.5, 0.6) is 0 Å². The maximum absolute atomic E-state index is 5.47. The van der Waals surface area contributed by atoms with E-state index >= 15 is 0 Å². The minimum Gasteiger partial charge on any atom is -0.383 e. The molecule has 5 heteroatoms. The summed E-state index contributed by atoms with van der Waals surface area (Å²) in [6, 6.07) is 2.18. The smallest absolute Gasteiger partial charge is 0.124 e. The summed E-state index contributed by atoms with van der Waals surface area (Å²) in [4.78, 5) is 0. The monoisotopic (exact) mass is 213 g/mol. The summed E-state index contributed by atoms with van der Waals surface area (Å²) in [6.07, 6.45) is 3.59. The predicted molar refractivity (Wildman–Crippen MR) is 57.3 cm³/mol. The van der Waals surface area contributed by atoms with E-state index in [4.69, 9.17) is 15.0 Å². The maximum Gasteiger partial charge on any atom is 0.124 e. The lowest BCUT2D eigenvalue weighted by Crippen LogP contribution is -2.33. The third-order valence-corrected chi connectivity index (χ3v) is 2.19. The lowest BCUT2D eigenvalue weighted by molar-refractivity contribution is 0.160. The fourth-order valence-corrected chi connectivity index (χ4v) is 1.39. The van der Waals surface area contributed by atoms with Gasteiger partial charge in [0.1, 0.15) is 6.26 Å². The molecule has 1 unspecified atom stereocenters. The molecule has 0 saturated carbocycles. The van der Waals surface area contributed by atoms with Crippen LogP contribution >= 0.6 is 0 Å². The third-order valence-electron chi connectivity index (χ3n) is 2.19. The molecule has 0 radical (unpaired) electrons. The van der Waals surface area contributed by atoms with Gasteiger partial charge >= 0.3 is 0 Å². The Kier molecular flexibility index (Phi) is 5.99. The Morgan fingerprint density at radius 2 is 2.53 bits per heavy atom. The summed E-state index contributed by atoms with van der Waals surface area (Å²) in [6.45, 7) is 2.11. The largest absolute Gasteiger partial charge is 0.383 e. The number of aromatic nitrogens is 1. The van der Waals surface area contributed by atoms with E-state index in [9.17, 15) is 0 Å². The van der Waals surface area contributed by atoms with E-state index in [1.807, 2.05) is 6.07 Å². The van der Waals surface area contributed by atoms with Crippen molar-refractivity contribution in [1.82, 2.24) is 10.5 Å². The molecule has 5 nitrogen and oxygen atoms in total. The quantitative estimate of drug-likeness (QED) is 0.658. The summed E-state index contributed by atoms with van der Waals surface area (Å²) in [7, 11) is 1.70. The van der Waals surface area contributed by atoms with Gasteiger partial charge in [-0.3, -0.25) is 0 Å². The molecular formula is C10H19N3O2. The molecule has 1 aromatic heterocycles. The topological polar surface area (TPSA) is 73.3 Å². The lowest BCUT2D eigenvalue weighted by Gasteiger charge is -2.16. The Labute approximate surface area is 90.0 Å². The van der Waals surface area contributed by atoms with Gasteiger partial charge in [0.15, 0.2) is 0 Å². The molecule has 0 aromatic carbocycles. The zero-order valence-corrected chi connectivity index (χ0v) is 9.11. The summed E-state index contributed by atoms with van der Waals surface area (Å²) in [5.41, 5.74) is 6.37. The number of nitrogens with one attached hydrogen (secondary N) is 1. The van der Waals surface area contributed by atoms with Gasteiger partial charge < -0.3 is 20.3 Å². The summed E-state index contributed by atoms with van der Waals surface area (Å²) in [5.74, 6) is 0.